The van der Waals surface area contributed by atoms with Crippen LogP contribution in [0.4, 0.5) is 0 Å². The smallest absolute Gasteiger partial charge is 0.0694 e. The molecule has 1 aromatic rings. The fraction of sp³-hybridized carbons (Fsp3) is 0.250. The molecular formula is C4H7N3S. The van der Waals surface area contributed by atoms with Gasteiger partial charge in [0.15, 0.2) is 0 Å². The van der Waals surface area contributed by atoms with Crippen molar-refractivity contribution in [3.63, 3.8) is 0 Å². The molecule has 0 aromatic carbocycles. The zero-order valence-corrected chi connectivity index (χ0v) is 5.11. The highest BCUT2D eigenvalue weighted by atomic mass is 32.1. The van der Waals surface area contributed by atoms with Gasteiger partial charge in [0, 0.05) is 5.38 Å². The first-order valence-corrected chi connectivity index (χ1v) is 3.10. The van der Waals surface area contributed by atoms with Gasteiger partial charge in [0.1, 0.15) is 0 Å². The predicted octanol–water partition coefficient (Wildman–Crippen LogP) is 0.106. The number of aromatic nitrogens is 1. The lowest BCUT2D eigenvalue weighted by molar-refractivity contribution is 0.730. The molecule has 0 unspecified atom stereocenters. The summed E-state index contributed by atoms with van der Waals surface area (Å²) in [5.74, 6) is 5.03. The average Bonchev–Trinajstić information content (AvgIpc) is 2.19. The molecule has 1 heterocycles. The highest BCUT2D eigenvalue weighted by molar-refractivity contribution is 7.03. The Hall–Kier alpha value is -0.450. The van der Waals surface area contributed by atoms with Crippen LogP contribution in [-0.4, -0.2) is 4.37 Å². The molecule has 0 bridgehead atoms. The molecule has 0 amide bonds. The minimum absolute atomic E-state index is 0.656. The first-order chi connectivity index (χ1) is 3.93. The maximum atomic E-state index is 5.03. The van der Waals surface area contributed by atoms with Crippen molar-refractivity contribution in [2.45, 2.75) is 6.54 Å². The standard InChI is InChI=1S/C4H7N3S/c5-6-3-4-1-2-8-7-4/h1-2,6H,3,5H2. The van der Waals surface area contributed by atoms with E-state index in [1.54, 1.807) is 0 Å². The Bertz CT molecular complexity index is 137. The van der Waals surface area contributed by atoms with Crippen molar-refractivity contribution in [3.8, 4) is 0 Å². The van der Waals surface area contributed by atoms with Crippen molar-refractivity contribution in [3.05, 3.63) is 17.1 Å². The summed E-state index contributed by atoms with van der Waals surface area (Å²) >= 11 is 1.43. The molecular weight excluding hydrogens is 122 g/mol. The maximum Gasteiger partial charge on any atom is 0.0694 e. The Balaban J connectivity index is 2.50. The van der Waals surface area contributed by atoms with Crippen LogP contribution in [-0.2, 0) is 6.54 Å². The van der Waals surface area contributed by atoms with Gasteiger partial charge in [0.2, 0.25) is 0 Å². The molecule has 44 valence electrons. The molecule has 0 aliphatic carbocycles. The van der Waals surface area contributed by atoms with Crippen molar-refractivity contribution < 1.29 is 0 Å². The topological polar surface area (TPSA) is 50.9 Å². The van der Waals surface area contributed by atoms with Crippen molar-refractivity contribution in [1.29, 1.82) is 0 Å². The molecule has 3 N–H and O–H groups in total. The van der Waals surface area contributed by atoms with Crippen LogP contribution < -0.4 is 11.3 Å². The fourth-order valence-corrected chi connectivity index (χ4v) is 0.973. The van der Waals surface area contributed by atoms with Gasteiger partial charge in [0.05, 0.1) is 12.2 Å². The molecule has 8 heavy (non-hydrogen) atoms. The highest BCUT2D eigenvalue weighted by Gasteiger charge is 1.88. The summed E-state index contributed by atoms with van der Waals surface area (Å²) < 4.78 is 4.01. The van der Waals surface area contributed by atoms with E-state index in [0.717, 1.165) is 5.69 Å². The minimum Gasteiger partial charge on any atom is -0.271 e. The van der Waals surface area contributed by atoms with Gasteiger partial charge < -0.3 is 0 Å². The van der Waals surface area contributed by atoms with E-state index in [9.17, 15) is 0 Å². The predicted molar refractivity (Wildman–Crippen MR) is 33.1 cm³/mol. The van der Waals surface area contributed by atoms with Gasteiger partial charge in [0.25, 0.3) is 0 Å². The van der Waals surface area contributed by atoms with Crippen molar-refractivity contribution in [1.82, 2.24) is 9.80 Å². The first-order valence-electron chi connectivity index (χ1n) is 2.26. The molecule has 0 atom stereocenters. The lowest BCUT2D eigenvalue weighted by Crippen LogP contribution is -2.20. The second kappa shape index (κ2) is 2.76. The third-order valence-corrected chi connectivity index (χ3v) is 1.37. The Morgan fingerprint density at radius 1 is 1.88 bits per heavy atom. The number of nitrogens with two attached hydrogens (primary N) is 1. The van der Waals surface area contributed by atoms with Crippen LogP contribution in [0.3, 0.4) is 0 Å². The number of nitrogens with one attached hydrogen (secondary N) is 1. The van der Waals surface area contributed by atoms with E-state index in [1.165, 1.54) is 11.5 Å². The fourth-order valence-electron chi connectivity index (χ4n) is 0.433. The zero-order chi connectivity index (χ0) is 5.82. The third kappa shape index (κ3) is 1.26. The summed E-state index contributed by atoms with van der Waals surface area (Å²) in [6, 6.07) is 1.94. The van der Waals surface area contributed by atoms with Gasteiger partial charge in [-0.1, -0.05) is 0 Å². The summed E-state index contributed by atoms with van der Waals surface area (Å²) in [6.07, 6.45) is 0. The van der Waals surface area contributed by atoms with Gasteiger partial charge in [-0.25, -0.2) is 0 Å². The second-order valence-electron chi connectivity index (χ2n) is 1.37. The summed E-state index contributed by atoms with van der Waals surface area (Å²) in [7, 11) is 0. The normalized spacial score (nSPS) is 9.62. The third-order valence-electron chi connectivity index (χ3n) is 0.774. The van der Waals surface area contributed by atoms with Crippen LogP contribution in [0.1, 0.15) is 5.69 Å². The van der Waals surface area contributed by atoms with Gasteiger partial charge in [-0.3, -0.25) is 11.3 Å². The second-order valence-corrected chi connectivity index (χ2v) is 2.04. The van der Waals surface area contributed by atoms with Crippen molar-refractivity contribution in [2.24, 2.45) is 5.84 Å². The van der Waals surface area contributed by atoms with E-state index >= 15 is 0 Å². The number of hydrogen-bond donors (Lipinski definition) is 2. The SMILES string of the molecule is NNCc1ccsn1. The molecule has 0 spiro atoms. The molecule has 0 fully saturated rings. The molecule has 0 aliphatic heterocycles. The lowest BCUT2D eigenvalue weighted by Gasteiger charge is -1.88. The summed E-state index contributed by atoms with van der Waals surface area (Å²) in [4.78, 5) is 0. The quantitative estimate of drug-likeness (QED) is 0.440. The zero-order valence-electron chi connectivity index (χ0n) is 4.29. The number of rotatable bonds is 2. The summed E-state index contributed by atoms with van der Waals surface area (Å²) in [5, 5.41) is 1.92. The van der Waals surface area contributed by atoms with E-state index in [-0.39, 0.29) is 0 Å². The van der Waals surface area contributed by atoms with E-state index in [4.69, 9.17) is 5.84 Å². The van der Waals surface area contributed by atoms with Gasteiger partial charge in [-0.05, 0) is 17.6 Å². The van der Waals surface area contributed by atoms with Crippen molar-refractivity contribution >= 4 is 11.5 Å². The van der Waals surface area contributed by atoms with Crippen LogP contribution >= 0.6 is 11.5 Å². The van der Waals surface area contributed by atoms with E-state index in [0.29, 0.717) is 6.54 Å². The lowest BCUT2D eigenvalue weighted by atomic mass is 10.4. The monoisotopic (exact) mass is 129 g/mol. The minimum atomic E-state index is 0.656. The Morgan fingerprint density at radius 2 is 2.75 bits per heavy atom. The Labute approximate surface area is 51.7 Å². The first kappa shape index (κ1) is 5.68. The summed E-state index contributed by atoms with van der Waals surface area (Å²) in [5.41, 5.74) is 3.51. The number of hydrogen-bond acceptors (Lipinski definition) is 4. The van der Waals surface area contributed by atoms with Crippen LogP contribution in [0.5, 0.6) is 0 Å². The molecule has 0 saturated heterocycles. The van der Waals surface area contributed by atoms with Crippen molar-refractivity contribution in [2.75, 3.05) is 0 Å². The van der Waals surface area contributed by atoms with E-state index in [1.807, 2.05) is 11.4 Å². The molecule has 0 radical (unpaired) electrons. The molecule has 1 aromatic heterocycles. The van der Waals surface area contributed by atoms with Crippen LogP contribution in [0, 0.1) is 0 Å². The average molecular weight is 129 g/mol. The molecule has 0 aliphatic rings. The Morgan fingerprint density at radius 3 is 3.25 bits per heavy atom. The molecule has 4 heteroatoms. The van der Waals surface area contributed by atoms with E-state index < -0.39 is 0 Å². The number of hydrazine groups is 1. The highest BCUT2D eigenvalue weighted by Crippen LogP contribution is 1.96. The molecule has 1 rings (SSSR count). The summed E-state index contributed by atoms with van der Waals surface area (Å²) in [6.45, 7) is 0.656. The van der Waals surface area contributed by atoms with Crippen LogP contribution in [0.15, 0.2) is 11.4 Å². The van der Waals surface area contributed by atoms with Crippen LogP contribution in [0.2, 0.25) is 0 Å². The Kier molecular flexibility index (Phi) is 1.96. The maximum absolute atomic E-state index is 5.03. The van der Waals surface area contributed by atoms with Crippen LogP contribution in [0.25, 0.3) is 0 Å². The largest absolute Gasteiger partial charge is 0.271 e. The van der Waals surface area contributed by atoms with E-state index in [2.05, 4.69) is 9.80 Å². The number of nitrogens with zero attached hydrogens (tertiary/aromatic N) is 1. The van der Waals surface area contributed by atoms with Gasteiger partial charge in [-0.15, -0.1) is 0 Å². The van der Waals surface area contributed by atoms with Gasteiger partial charge in [-0.2, -0.15) is 4.37 Å². The molecule has 0 saturated carbocycles. The van der Waals surface area contributed by atoms with Gasteiger partial charge >= 0.3 is 0 Å². The molecule has 3 nitrogen and oxygen atoms in total.